The third kappa shape index (κ3) is 4.62. The molecule has 0 unspecified atom stereocenters. The second-order valence-corrected chi connectivity index (χ2v) is 5.81. The molecule has 1 N–H and O–H groups in total. The molecule has 1 aromatic rings. The number of halogens is 1. The van der Waals surface area contributed by atoms with Crippen molar-refractivity contribution in [3.8, 4) is 0 Å². The zero-order chi connectivity index (χ0) is 13.5. The Balaban J connectivity index is 1.71. The van der Waals surface area contributed by atoms with Gasteiger partial charge in [-0.1, -0.05) is 40.5 Å². The van der Waals surface area contributed by atoms with Gasteiger partial charge in [-0.05, 0) is 24.5 Å². The largest absolute Gasteiger partial charge is 0.341 e. The van der Waals surface area contributed by atoms with Gasteiger partial charge >= 0.3 is 0 Å². The van der Waals surface area contributed by atoms with Crippen molar-refractivity contribution in [2.45, 2.75) is 32.2 Å². The molecule has 19 heavy (non-hydrogen) atoms. The van der Waals surface area contributed by atoms with E-state index in [0.29, 0.717) is 5.91 Å². The predicted molar refractivity (Wildman–Crippen MR) is 80.9 cm³/mol. The van der Waals surface area contributed by atoms with E-state index < -0.39 is 0 Å². The third-order valence-corrected chi connectivity index (χ3v) is 4.28. The Bertz CT molecular complexity index is 422. The minimum atomic E-state index is 0.320. The molecule has 0 atom stereocenters. The van der Waals surface area contributed by atoms with Gasteiger partial charge in [0.25, 0.3) is 0 Å². The van der Waals surface area contributed by atoms with Crippen LogP contribution < -0.4 is 5.32 Å². The molecule has 4 heteroatoms. The summed E-state index contributed by atoms with van der Waals surface area (Å²) in [6.45, 7) is 3.44. The van der Waals surface area contributed by atoms with E-state index in [2.05, 4.69) is 33.4 Å². The molecular formula is C15H21BrN2O. The van der Waals surface area contributed by atoms with E-state index in [-0.39, 0.29) is 0 Å². The van der Waals surface area contributed by atoms with E-state index in [1.54, 1.807) is 0 Å². The lowest BCUT2D eigenvalue weighted by Crippen LogP contribution is -2.36. The maximum Gasteiger partial charge on any atom is 0.222 e. The fraction of sp³-hybridized carbons (Fsp3) is 0.533. The van der Waals surface area contributed by atoms with Crippen LogP contribution in [0.4, 0.5) is 0 Å². The van der Waals surface area contributed by atoms with Gasteiger partial charge in [0.15, 0.2) is 0 Å². The number of rotatable bonds is 5. The van der Waals surface area contributed by atoms with Gasteiger partial charge < -0.3 is 10.2 Å². The average Bonchev–Trinajstić information content (AvgIpc) is 2.62. The van der Waals surface area contributed by atoms with E-state index in [0.717, 1.165) is 49.9 Å². The highest BCUT2D eigenvalue weighted by molar-refractivity contribution is 9.10. The predicted octanol–water partition coefficient (Wildman–Crippen LogP) is 2.94. The molecule has 0 bridgehead atoms. The van der Waals surface area contributed by atoms with Gasteiger partial charge in [-0.2, -0.15) is 0 Å². The summed E-state index contributed by atoms with van der Waals surface area (Å²) in [6, 6.07) is 8.22. The van der Waals surface area contributed by atoms with Crippen LogP contribution in [0.3, 0.4) is 0 Å². The SMILES string of the molecule is O=C1CCCCCN1CCNCc1ccccc1Br. The van der Waals surface area contributed by atoms with Crippen LogP contribution in [0.2, 0.25) is 0 Å². The van der Waals surface area contributed by atoms with Gasteiger partial charge in [0.2, 0.25) is 5.91 Å². The first-order chi connectivity index (χ1) is 9.27. The Morgan fingerprint density at radius 2 is 2.05 bits per heavy atom. The molecule has 104 valence electrons. The molecule has 0 radical (unpaired) electrons. The summed E-state index contributed by atoms with van der Waals surface area (Å²) in [5, 5.41) is 3.41. The van der Waals surface area contributed by atoms with Crippen molar-refractivity contribution in [2.75, 3.05) is 19.6 Å². The molecule has 1 fully saturated rings. The number of hydrogen-bond acceptors (Lipinski definition) is 2. The normalized spacial score (nSPS) is 16.5. The van der Waals surface area contributed by atoms with Crippen LogP contribution in [0.25, 0.3) is 0 Å². The lowest BCUT2D eigenvalue weighted by Gasteiger charge is -2.20. The highest BCUT2D eigenvalue weighted by atomic mass is 79.9. The van der Waals surface area contributed by atoms with E-state index in [4.69, 9.17) is 0 Å². The zero-order valence-electron chi connectivity index (χ0n) is 11.2. The molecule has 0 aliphatic carbocycles. The lowest BCUT2D eigenvalue weighted by atomic mass is 10.2. The summed E-state index contributed by atoms with van der Waals surface area (Å²) in [5.74, 6) is 0.320. The number of nitrogens with zero attached hydrogens (tertiary/aromatic N) is 1. The van der Waals surface area contributed by atoms with Crippen LogP contribution in [0, 0.1) is 0 Å². The molecule has 0 aromatic heterocycles. The summed E-state index contributed by atoms with van der Waals surface area (Å²) in [6.07, 6.45) is 4.12. The molecule has 1 aliphatic rings. The minimum absolute atomic E-state index is 0.320. The molecule has 1 aromatic carbocycles. The second-order valence-electron chi connectivity index (χ2n) is 4.96. The van der Waals surface area contributed by atoms with Gasteiger partial charge in [-0.15, -0.1) is 0 Å². The Kier molecular flexibility index (Phi) is 5.86. The van der Waals surface area contributed by atoms with E-state index in [1.165, 1.54) is 12.0 Å². The van der Waals surface area contributed by atoms with Crippen molar-refractivity contribution in [2.24, 2.45) is 0 Å². The highest BCUT2D eigenvalue weighted by Crippen LogP contribution is 2.15. The van der Waals surface area contributed by atoms with Crippen molar-refractivity contribution in [3.05, 3.63) is 34.3 Å². The molecular weight excluding hydrogens is 304 g/mol. The summed E-state index contributed by atoms with van der Waals surface area (Å²) in [7, 11) is 0. The molecule has 2 rings (SSSR count). The van der Waals surface area contributed by atoms with E-state index in [1.807, 2.05) is 17.0 Å². The Morgan fingerprint density at radius 1 is 1.21 bits per heavy atom. The van der Waals surface area contributed by atoms with E-state index >= 15 is 0 Å². The Labute approximate surface area is 123 Å². The van der Waals surface area contributed by atoms with E-state index in [9.17, 15) is 4.79 Å². The number of likely N-dealkylation sites (tertiary alicyclic amines) is 1. The van der Waals surface area contributed by atoms with Crippen LogP contribution in [-0.2, 0) is 11.3 Å². The quantitative estimate of drug-likeness (QED) is 0.844. The topological polar surface area (TPSA) is 32.3 Å². The number of carbonyl (C=O) groups is 1. The molecule has 1 aliphatic heterocycles. The van der Waals surface area contributed by atoms with Crippen molar-refractivity contribution < 1.29 is 4.79 Å². The van der Waals surface area contributed by atoms with Crippen LogP contribution >= 0.6 is 15.9 Å². The summed E-state index contributed by atoms with van der Waals surface area (Å²) < 4.78 is 1.13. The van der Waals surface area contributed by atoms with Crippen LogP contribution in [0.5, 0.6) is 0 Å². The highest BCUT2D eigenvalue weighted by Gasteiger charge is 2.15. The van der Waals surface area contributed by atoms with Gasteiger partial charge in [0.05, 0.1) is 0 Å². The first-order valence-corrected chi connectivity index (χ1v) is 7.78. The molecule has 1 heterocycles. The van der Waals surface area contributed by atoms with Crippen LogP contribution in [0.15, 0.2) is 28.7 Å². The Morgan fingerprint density at radius 3 is 2.89 bits per heavy atom. The van der Waals surface area contributed by atoms with Crippen molar-refractivity contribution in [1.82, 2.24) is 10.2 Å². The number of carbonyl (C=O) groups excluding carboxylic acids is 1. The van der Waals surface area contributed by atoms with Gasteiger partial charge in [-0.3, -0.25) is 4.79 Å². The number of nitrogens with one attached hydrogen (secondary N) is 1. The fourth-order valence-corrected chi connectivity index (χ4v) is 2.78. The maximum atomic E-state index is 11.8. The maximum absolute atomic E-state index is 11.8. The zero-order valence-corrected chi connectivity index (χ0v) is 12.8. The first-order valence-electron chi connectivity index (χ1n) is 6.99. The molecule has 0 saturated carbocycles. The smallest absolute Gasteiger partial charge is 0.222 e. The third-order valence-electron chi connectivity index (χ3n) is 3.50. The molecule has 3 nitrogen and oxygen atoms in total. The summed E-state index contributed by atoms with van der Waals surface area (Å²) >= 11 is 3.54. The summed E-state index contributed by atoms with van der Waals surface area (Å²) in [5.41, 5.74) is 1.25. The minimum Gasteiger partial charge on any atom is -0.341 e. The standard InChI is InChI=1S/C15H21BrN2O/c16-14-7-4-3-6-13(14)12-17-9-11-18-10-5-1-2-8-15(18)19/h3-4,6-7,17H,1-2,5,8-12H2. The monoisotopic (exact) mass is 324 g/mol. The fourth-order valence-electron chi connectivity index (χ4n) is 2.35. The summed E-state index contributed by atoms with van der Waals surface area (Å²) in [4.78, 5) is 13.8. The second kappa shape index (κ2) is 7.65. The number of hydrogen-bond donors (Lipinski definition) is 1. The van der Waals surface area contributed by atoms with Crippen molar-refractivity contribution in [1.29, 1.82) is 0 Å². The average molecular weight is 325 g/mol. The van der Waals surface area contributed by atoms with Crippen LogP contribution in [-0.4, -0.2) is 30.4 Å². The van der Waals surface area contributed by atoms with Crippen molar-refractivity contribution in [3.63, 3.8) is 0 Å². The molecule has 1 amide bonds. The van der Waals surface area contributed by atoms with Gasteiger partial charge in [0.1, 0.15) is 0 Å². The number of amides is 1. The van der Waals surface area contributed by atoms with Crippen LogP contribution in [0.1, 0.15) is 31.2 Å². The van der Waals surface area contributed by atoms with Gasteiger partial charge in [-0.25, -0.2) is 0 Å². The lowest BCUT2D eigenvalue weighted by molar-refractivity contribution is -0.130. The Hall–Kier alpha value is -0.870. The molecule has 1 saturated heterocycles. The molecule has 0 spiro atoms. The van der Waals surface area contributed by atoms with Crippen molar-refractivity contribution >= 4 is 21.8 Å². The van der Waals surface area contributed by atoms with Gasteiger partial charge in [0, 0.05) is 37.1 Å². The first kappa shape index (κ1) is 14.5. The number of benzene rings is 1.